The van der Waals surface area contributed by atoms with Gasteiger partial charge in [0.05, 0.1) is 0 Å². The summed E-state index contributed by atoms with van der Waals surface area (Å²) >= 11 is 0. The van der Waals surface area contributed by atoms with E-state index in [-0.39, 0.29) is 0 Å². The summed E-state index contributed by atoms with van der Waals surface area (Å²) in [6, 6.07) is 9.49. The molecule has 0 fully saturated rings. The Morgan fingerprint density at radius 2 is 1.50 bits per heavy atom. The maximum atomic E-state index is 8.97. The predicted molar refractivity (Wildman–Crippen MR) is 46.6 cm³/mol. The standard InChI is InChI=1S/C6H7N.H3NO3S/c7-6-4-2-1-3-5-6;1-5(2,3)4/h1-5H,7H2;(H3,1,2,3,4). The van der Waals surface area contributed by atoms with Crippen LogP contribution in [-0.4, -0.2) is 13.0 Å². The van der Waals surface area contributed by atoms with Gasteiger partial charge in [-0.25, -0.2) is 5.14 Å². The summed E-state index contributed by atoms with van der Waals surface area (Å²) < 4.78 is 25.2. The first-order chi connectivity index (χ1) is 5.39. The second-order valence-corrected chi connectivity index (χ2v) is 2.96. The molecule has 0 aliphatic carbocycles. The van der Waals surface area contributed by atoms with Crippen LogP contribution in [0.25, 0.3) is 0 Å². The van der Waals surface area contributed by atoms with Gasteiger partial charge < -0.3 is 5.73 Å². The number of para-hydroxylation sites is 1. The van der Waals surface area contributed by atoms with Crippen molar-refractivity contribution < 1.29 is 13.0 Å². The van der Waals surface area contributed by atoms with E-state index in [9.17, 15) is 0 Å². The SMILES string of the molecule is NS(=O)(=O)O.Nc1ccccc1. The van der Waals surface area contributed by atoms with Gasteiger partial charge in [-0.15, -0.1) is 0 Å². The molecule has 5 N–H and O–H groups in total. The van der Waals surface area contributed by atoms with Crippen LogP contribution in [0.2, 0.25) is 0 Å². The first kappa shape index (κ1) is 10.9. The quantitative estimate of drug-likeness (QED) is 0.396. The van der Waals surface area contributed by atoms with Gasteiger partial charge in [0.25, 0.3) is 0 Å². The van der Waals surface area contributed by atoms with E-state index in [2.05, 4.69) is 5.14 Å². The molecule has 0 bridgehead atoms. The minimum absolute atomic E-state index is 0.822. The summed E-state index contributed by atoms with van der Waals surface area (Å²) in [5.74, 6) is 0. The Kier molecular flexibility index (Phi) is 4.27. The first-order valence-corrected chi connectivity index (χ1v) is 4.45. The van der Waals surface area contributed by atoms with Crippen LogP contribution < -0.4 is 10.9 Å². The molecule has 0 heterocycles. The summed E-state index contributed by atoms with van der Waals surface area (Å²) in [4.78, 5) is 0. The highest BCUT2D eigenvalue weighted by Crippen LogP contribution is 1.95. The fourth-order valence-corrected chi connectivity index (χ4v) is 0.453. The predicted octanol–water partition coefficient (Wildman–Crippen LogP) is 0.0167. The molecule has 0 atom stereocenters. The van der Waals surface area contributed by atoms with Crippen LogP contribution in [0.4, 0.5) is 5.69 Å². The lowest BCUT2D eigenvalue weighted by atomic mass is 10.3. The summed E-state index contributed by atoms with van der Waals surface area (Å²) in [6.45, 7) is 0. The van der Waals surface area contributed by atoms with E-state index in [1.54, 1.807) is 0 Å². The molecule has 12 heavy (non-hydrogen) atoms. The number of nitrogens with two attached hydrogens (primary N) is 2. The van der Waals surface area contributed by atoms with Gasteiger partial charge in [-0.3, -0.25) is 4.55 Å². The van der Waals surface area contributed by atoms with Crippen molar-refractivity contribution in [1.29, 1.82) is 0 Å². The topological polar surface area (TPSA) is 106 Å². The molecule has 0 amide bonds. The zero-order chi connectivity index (χ0) is 9.61. The maximum Gasteiger partial charge on any atom is 0.330 e. The molecule has 0 aliphatic heterocycles. The van der Waals surface area contributed by atoms with Crippen LogP contribution >= 0.6 is 0 Å². The van der Waals surface area contributed by atoms with Gasteiger partial charge in [-0.05, 0) is 12.1 Å². The highest BCUT2D eigenvalue weighted by atomic mass is 32.2. The number of anilines is 1. The molecule has 0 aromatic heterocycles. The molecule has 0 saturated heterocycles. The normalized spacial score (nSPS) is 9.83. The lowest BCUT2D eigenvalue weighted by Gasteiger charge is -1.83. The Hall–Kier alpha value is -1.11. The van der Waals surface area contributed by atoms with Crippen molar-refractivity contribution in [3.05, 3.63) is 30.3 Å². The summed E-state index contributed by atoms with van der Waals surface area (Å²) in [5, 5.41) is 3.88. The van der Waals surface area contributed by atoms with Crippen molar-refractivity contribution in [1.82, 2.24) is 0 Å². The van der Waals surface area contributed by atoms with Gasteiger partial charge in [0.2, 0.25) is 0 Å². The molecule has 6 heteroatoms. The lowest BCUT2D eigenvalue weighted by Crippen LogP contribution is -2.08. The third-order valence-electron chi connectivity index (χ3n) is 0.800. The second-order valence-electron chi connectivity index (χ2n) is 1.93. The van der Waals surface area contributed by atoms with Crippen LogP contribution in [0.5, 0.6) is 0 Å². The largest absolute Gasteiger partial charge is 0.399 e. The van der Waals surface area contributed by atoms with Gasteiger partial charge in [0, 0.05) is 5.69 Å². The molecule has 1 rings (SSSR count). The van der Waals surface area contributed by atoms with Crippen LogP contribution in [-0.2, 0) is 10.3 Å². The molecule has 68 valence electrons. The third kappa shape index (κ3) is 11.7. The zero-order valence-electron chi connectivity index (χ0n) is 6.21. The van der Waals surface area contributed by atoms with Crippen molar-refractivity contribution in [3.63, 3.8) is 0 Å². The van der Waals surface area contributed by atoms with Gasteiger partial charge in [-0.2, -0.15) is 8.42 Å². The molecule has 1 aromatic carbocycles. The number of hydrogen-bond donors (Lipinski definition) is 3. The van der Waals surface area contributed by atoms with Crippen LogP contribution in [0.15, 0.2) is 30.3 Å². The molecule has 1 aromatic rings. The Morgan fingerprint density at radius 3 is 1.67 bits per heavy atom. The maximum absolute atomic E-state index is 8.97. The van der Waals surface area contributed by atoms with E-state index < -0.39 is 10.3 Å². The van der Waals surface area contributed by atoms with Crippen molar-refractivity contribution >= 4 is 16.0 Å². The molecule has 0 unspecified atom stereocenters. The van der Waals surface area contributed by atoms with Gasteiger partial charge in [0.15, 0.2) is 0 Å². The lowest BCUT2D eigenvalue weighted by molar-refractivity contribution is 0.485. The Balaban J connectivity index is 0.000000217. The highest BCUT2D eigenvalue weighted by molar-refractivity contribution is 7.83. The van der Waals surface area contributed by atoms with E-state index in [4.69, 9.17) is 18.7 Å². The summed E-state index contributed by atoms with van der Waals surface area (Å²) in [5.41, 5.74) is 6.18. The zero-order valence-corrected chi connectivity index (χ0v) is 7.03. The fraction of sp³-hybridized carbons (Fsp3) is 0. The molecule has 5 nitrogen and oxygen atoms in total. The van der Waals surface area contributed by atoms with E-state index in [1.165, 1.54) is 0 Å². The van der Waals surface area contributed by atoms with E-state index >= 15 is 0 Å². The number of benzene rings is 1. The van der Waals surface area contributed by atoms with Gasteiger partial charge in [0.1, 0.15) is 0 Å². The molecule has 0 spiro atoms. The summed E-state index contributed by atoms with van der Waals surface area (Å²) in [6.07, 6.45) is 0. The van der Waals surface area contributed by atoms with Crippen molar-refractivity contribution in [3.8, 4) is 0 Å². The first-order valence-electron chi connectivity index (χ1n) is 2.95. The van der Waals surface area contributed by atoms with E-state index in [1.807, 2.05) is 30.3 Å². The van der Waals surface area contributed by atoms with Gasteiger partial charge >= 0.3 is 10.3 Å². The van der Waals surface area contributed by atoms with Crippen LogP contribution in [0, 0.1) is 0 Å². The van der Waals surface area contributed by atoms with E-state index in [0.717, 1.165) is 5.69 Å². The van der Waals surface area contributed by atoms with Crippen LogP contribution in [0.3, 0.4) is 0 Å². The average molecular weight is 190 g/mol. The Morgan fingerprint density at radius 1 is 1.17 bits per heavy atom. The van der Waals surface area contributed by atoms with Crippen LogP contribution in [0.1, 0.15) is 0 Å². The smallest absolute Gasteiger partial charge is 0.330 e. The Bertz CT molecular complexity index is 301. The Labute approximate surface area is 70.9 Å². The van der Waals surface area contributed by atoms with Gasteiger partial charge in [-0.1, -0.05) is 18.2 Å². The van der Waals surface area contributed by atoms with Crippen molar-refractivity contribution in [2.75, 3.05) is 5.73 Å². The molecule has 0 saturated carbocycles. The second kappa shape index (κ2) is 4.70. The average Bonchev–Trinajstić information content (AvgIpc) is 1.85. The van der Waals surface area contributed by atoms with E-state index in [0.29, 0.717) is 0 Å². The minimum Gasteiger partial charge on any atom is -0.399 e. The fourth-order valence-electron chi connectivity index (χ4n) is 0.453. The summed E-state index contributed by atoms with van der Waals surface area (Å²) in [7, 11) is -4.17. The highest BCUT2D eigenvalue weighted by Gasteiger charge is 1.81. The number of hydrogen-bond acceptors (Lipinski definition) is 3. The molecule has 0 radical (unpaired) electrons. The number of rotatable bonds is 0. The number of nitrogen functional groups attached to an aromatic ring is 1. The van der Waals surface area contributed by atoms with Crippen molar-refractivity contribution in [2.45, 2.75) is 0 Å². The molecule has 0 aliphatic rings. The molecular formula is C6H10N2O3S. The monoisotopic (exact) mass is 190 g/mol. The van der Waals surface area contributed by atoms with Crippen molar-refractivity contribution in [2.24, 2.45) is 5.14 Å². The molecular weight excluding hydrogens is 180 g/mol. The minimum atomic E-state index is -4.17. The third-order valence-corrected chi connectivity index (χ3v) is 0.800.